The van der Waals surface area contributed by atoms with Crippen LogP contribution in [0.5, 0.6) is 0 Å². The zero-order chi connectivity index (χ0) is 19.9. The van der Waals surface area contributed by atoms with Crippen molar-refractivity contribution >= 4 is 46.1 Å². The van der Waals surface area contributed by atoms with E-state index in [0.717, 1.165) is 5.56 Å². The largest absolute Gasteiger partial charge is 0.452 e. The Labute approximate surface area is 170 Å². The lowest BCUT2D eigenvalue weighted by Gasteiger charge is -2.16. The summed E-state index contributed by atoms with van der Waals surface area (Å²) >= 11 is 2.89. The van der Waals surface area contributed by atoms with E-state index in [4.69, 9.17) is 4.74 Å². The zero-order valence-electron chi connectivity index (χ0n) is 15.1. The van der Waals surface area contributed by atoms with Gasteiger partial charge in [-0.25, -0.2) is 4.79 Å². The molecular weight excluding hydrogens is 396 g/mol. The summed E-state index contributed by atoms with van der Waals surface area (Å²) in [6.45, 7) is 0.120. The summed E-state index contributed by atoms with van der Waals surface area (Å²) < 4.78 is 5.12. The van der Waals surface area contributed by atoms with Crippen LogP contribution in [0.2, 0.25) is 0 Å². The second-order valence-corrected chi connectivity index (χ2v) is 7.70. The molecule has 0 spiro atoms. The fraction of sp³-hybridized carbons (Fsp3) is 0.150. The molecule has 6 nitrogen and oxygen atoms in total. The van der Waals surface area contributed by atoms with Gasteiger partial charge in [-0.15, -0.1) is 11.3 Å². The van der Waals surface area contributed by atoms with Gasteiger partial charge in [0.1, 0.15) is 0 Å². The minimum Gasteiger partial charge on any atom is -0.452 e. The van der Waals surface area contributed by atoms with E-state index in [1.54, 1.807) is 48.7 Å². The van der Waals surface area contributed by atoms with Crippen LogP contribution in [0.3, 0.4) is 0 Å². The highest BCUT2D eigenvalue weighted by Crippen LogP contribution is 2.16. The number of hydrogen-bond donors (Lipinski definition) is 1. The number of anilines is 1. The first-order chi connectivity index (χ1) is 13.5. The SMILES string of the molecule is CN(Cc1ccsc1)C(=O)COC(=O)c1cccc(NC(=O)c2cccs2)c1. The van der Waals surface area contributed by atoms with Crippen molar-refractivity contribution in [2.45, 2.75) is 6.54 Å². The third-order valence-electron chi connectivity index (χ3n) is 3.85. The standard InChI is InChI=1S/C20H18N2O4S2/c1-22(11-14-7-9-27-13-14)18(23)12-26-20(25)15-4-2-5-16(10-15)21-19(24)17-6-3-8-28-17/h2-10,13H,11-12H2,1H3,(H,21,24). The van der Waals surface area contributed by atoms with E-state index < -0.39 is 5.97 Å². The fourth-order valence-corrected chi connectivity index (χ4v) is 3.67. The van der Waals surface area contributed by atoms with Gasteiger partial charge < -0.3 is 15.0 Å². The number of carbonyl (C=O) groups is 3. The van der Waals surface area contributed by atoms with Gasteiger partial charge >= 0.3 is 5.97 Å². The van der Waals surface area contributed by atoms with Crippen LogP contribution >= 0.6 is 22.7 Å². The van der Waals surface area contributed by atoms with Gasteiger partial charge in [0.05, 0.1) is 10.4 Å². The number of nitrogens with one attached hydrogen (secondary N) is 1. The summed E-state index contributed by atoms with van der Waals surface area (Å²) in [5, 5.41) is 8.46. The van der Waals surface area contributed by atoms with Crippen molar-refractivity contribution in [2.24, 2.45) is 0 Å². The fourth-order valence-electron chi connectivity index (χ4n) is 2.39. The molecule has 0 bridgehead atoms. The summed E-state index contributed by atoms with van der Waals surface area (Å²) in [6, 6.07) is 11.9. The van der Waals surface area contributed by atoms with Crippen LogP contribution < -0.4 is 5.32 Å². The van der Waals surface area contributed by atoms with Crippen LogP contribution in [-0.4, -0.2) is 36.3 Å². The molecule has 2 heterocycles. The molecule has 28 heavy (non-hydrogen) atoms. The molecule has 0 saturated carbocycles. The minimum atomic E-state index is -0.621. The van der Waals surface area contributed by atoms with E-state index in [0.29, 0.717) is 17.1 Å². The second kappa shape index (κ2) is 9.29. The van der Waals surface area contributed by atoms with Crippen molar-refractivity contribution in [3.8, 4) is 0 Å². The topological polar surface area (TPSA) is 75.7 Å². The van der Waals surface area contributed by atoms with E-state index in [-0.39, 0.29) is 24.0 Å². The normalized spacial score (nSPS) is 10.3. The van der Waals surface area contributed by atoms with E-state index >= 15 is 0 Å². The van der Waals surface area contributed by atoms with Gasteiger partial charge in [0, 0.05) is 19.3 Å². The van der Waals surface area contributed by atoms with Gasteiger partial charge in [0.15, 0.2) is 6.61 Å². The number of ether oxygens (including phenoxy) is 1. The number of hydrogen-bond acceptors (Lipinski definition) is 6. The predicted molar refractivity (Wildman–Crippen MR) is 110 cm³/mol. The summed E-state index contributed by atoms with van der Waals surface area (Å²) in [5.41, 5.74) is 1.77. The molecule has 8 heteroatoms. The minimum absolute atomic E-state index is 0.245. The van der Waals surface area contributed by atoms with Crippen LogP contribution in [0, 0.1) is 0 Å². The molecule has 0 saturated heterocycles. The maximum atomic E-state index is 12.3. The lowest BCUT2D eigenvalue weighted by Crippen LogP contribution is -2.30. The third-order valence-corrected chi connectivity index (χ3v) is 5.45. The lowest BCUT2D eigenvalue weighted by molar-refractivity contribution is -0.133. The molecule has 144 valence electrons. The van der Waals surface area contributed by atoms with Crippen molar-refractivity contribution in [3.63, 3.8) is 0 Å². The Kier molecular flexibility index (Phi) is 6.57. The van der Waals surface area contributed by atoms with Gasteiger partial charge in [-0.3, -0.25) is 9.59 Å². The van der Waals surface area contributed by atoms with Gasteiger partial charge in [-0.1, -0.05) is 12.1 Å². The first kappa shape index (κ1) is 19.8. The average molecular weight is 415 g/mol. The van der Waals surface area contributed by atoms with Crippen LogP contribution in [0.1, 0.15) is 25.6 Å². The molecule has 0 aliphatic rings. The van der Waals surface area contributed by atoms with E-state index in [1.165, 1.54) is 22.3 Å². The Morgan fingerprint density at radius 2 is 1.96 bits per heavy atom. The molecule has 3 rings (SSSR count). The molecule has 0 aliphatic heterocycles. The number of thiophene rings is 2. The van der Waals surface area contributed by atoms with Crippen LogP contribution in [0.25, 0.3) is 0 Å². The average Bonchev–Trinajstić information content (AvgIpc) is 3.40. The summed E-state index contributed by atoms with van der Waals surface area (Å²) in [4.78, 5) is 38.6. The summed E-state index contributed by atoms with van der Waals surface area (Å²) in [6.07, 6.45) is 0. The summed E-state index contributed by atoms with van der Waals surface area (Å²) in [5.74, 6) is -1.16. The summed E-state index contributed by atoms with van der Waals surface area (Å²) in [7, 11) is 1.66. The molecule has 0 aliphatic carbocycles. The number of carbonyl (C=O) groups excluding carboxylic acids is 3. The van der Waals surface area contributed by atoms with Gasteiger partial charge in [0.25, 0.3) is 11.8 Å². The van der Waals surface area contributed by atoms with Gasteiger partial charge in [0.2, 0.25) is 0 Å². The predicted octanol–water partition coefficient (Wildman–Crippen LogP) is 3.88. The molecular formula is C20H18N2O4S2. The molecule has 2 amide bonds. The molecule has 0 radical (unpaired) electrons. The maximum absolute atomic E-state index is 12.3. The van der Waals surface area contributed by atoms with E-state index in [9.17, 15) is 14.4 Å². The number of amides is 2. The molecule has 3 aromatic rings. The van der Waals surface area contributed by atoms with Crippen molar-refractivity contribution in [1.82, 2.24) is 4.90 Å². The van der Waals surface area contributed by atoms with Gasteiger partial charge in [-0.2, -0.15) is 11.3 Å². The van der Waals surface area contributed by atoms with Crippen molar-refractivity contribution in [1.29, 1.82) is 0 Å². The third kappa shape index (κ3) is 5.28. The van der Waals surface area contributed by atoms with E-state index in [2.05, 4.69) is 5.32 Å². The molecule has 1 N–H and O–H groups in total. The van der Waals surface area contributed by atoms with Crippen LogP contribution in [-0.2, 0) is 16.1 Å². The maximum Gasteiger partial charge on any atom is 0.338 e. The number of likely N-dealkylation sites (N-methyl/N-ethyl adjacent to an activating group) is 1. The number of esters is 1. The van der Waals surface area contributed by atoms with Crippen molar-refractivity contribution in [2.75, 3.05) is 19.0 Å². The van der Waals surface area contributed by atoms with E-state index in [1.807, 2.05) is 22.2 Å². The second-order valence-electron chi connectivity index (χ2n) is 5.97. The van der Waals surface area contributed by atoms with Crippen LogP contribution in [0.4, 0.5) is 5.69 Å². The molecule has 0 unspecified atom stereocenters. The van der Waals surface area contributed by atoms with Gasteiger partial charge in [-0.05, 0) is 52.0 Å². The Bertz CT molecular complexity index is 953. The van der Waals surface area contributed by atoms with Crippen LogP contribution in [0.15, 0.2) is 58.6 Å². The van der Waals surface area contributed by atoms with Crippen molar-refractivity contribution < 1.29 is 19.1 Å². The van der Waals surface area contributed by atoms with Crippen molar-refractivity contribution in [3.05, 3.63) is 74.6 Å². The molecule has 1 aromatic carbocycles. The first-order valence-corrected chi connectivity index (χ1v) is 10.2. The lowest BCUT2D eigenvalue weighted by atomic mass is 10.2. The highest BCUT2D eigenvalue weighted by molar-refractivity contribution is 7.12. The first-order valence-electron chi connectivity index (χ1n) is 8.40. The molecule has 2 aromatic heterocycles. The number of benzene rings is 1. The smallest absolute Gasteiger partial charge is 0.338 e. The molecule has 0 atom stereocenters. The molecule has 0 fully saturated rings. The Morgan fingerprint density at radius 3 is 2.68 bits per heavy atom. The highest BCUT2D eigenvalue weighted by Gasteiger charge is 2.15. The monoisotopic (exact) mass is 414 g/mol. The Morgan fingerprint density at radius 1 is 1.11 bits per heavy atom. The highest BCUT2D eigenvalue weighted by atomic mass is 32.1. The number of rotatable bonds is 7. The zero-order valence-corrected chi connectivity index (χ0v) is 16.7. The number of nitrogens with zero attached hydrogens (tertiary/aromatic N) is 1. The Hall–Kier alpha value is -2.97. The quantitative estimate of drug-likeness (QED) is 0.596. The Balaban J connectivity index is 1.54.